The summed E-state index contributed by atoms with van der Waals surface area (Å²) >= 11 is 1.20. The summed E-state index contributed by atoms with van der Waals surface area (Å²) in [7, 11) is 1.51. The van der Waals surface area contributed by atoms with Crippen LogP contribution in [0.2, 0.25) is 0 Å². The number of nitro benzene ring substituents is 1. The van der Waals surface area contributed by atoms with E-state index in [2.05, 4.69) is 4.98 Å². The topological polar surface area (TPSA) is 114 Å². The highest BCUT2D eigenvalue weighted by Crippen LogP contribution is 2.27. The second kappa shape index (κ2) is 7.18. The van der Waals surface area contributed by atoms with Crippen LogP contribution in [-0.4, -0.2) is 45.4 Å². The van der Waals surface area contributed by atoms with Crippen LogP contribution in [0.4, 0.5) is 5.69 Å². The molecular formula is C15H15N3O5S. The molecule has 0 saturated heterocycles. The van der Waals surface area contributed by atoms with Crippen molar-refractivity contribution in [2.75, 3.05) is 13.6 Å². The highest BCUT2D eigenvalue weighted by Gasteiger charge is 2.21. The van der Waals surface area contributed by atoms with Gasteiger partial charge in [0.05, 0.1) is 10.8 Å². The fraction of sp³-hybridized carbons (Fsp3) is 0.267. The van der Waals surface area contributed by atoms with E-state index in [1.165, 1.54) is 42.3 Å². The summed E-state index contributed by atoms with van der Waals surface area (Å²) < 4.78 is 0. The number of thiazole rings is 1. The molecule has 1 aromatic heterocycles. The Morgan fingerprint density at radius 1 is 1.46 bits per heavy atom. The lowest BCUT2D eigenvalue weighted by Gasteiger charge is -2.18. The third-order valence-corrected chi connectivity index (χ3v) is 4.23. The summed E-state index contributed by atoms with van der Waals surface area (Å²) in [4.78, 5) is 39.0. The molecule has 1 aromatic carbocycles. The smallest absolute Gasteiger partial charge is 0.308 e. The van der Waals surface area contributed by atoms with E-state index >= 15 is 0 Å². The molecule has 0 aliphatic carbocycles. The van der Waals surface area contributed by atoms with Crippen molar-refractivity contribution >= 4 is 28.9 Å². The maximum Gasteiger partial charge on any atom is 0.308 e. The van der Waals surface area contributed by atoms with E-state index in [1.54, 1.807) is 17.5 Å². The lowest BCUT2D eigenvalue weighted by molar-refractivity contribution is -0.384. The number of carbonyl (C=O) groups is 2. The molecule has 2 rings (SSSR count). The number of aliphatic carboxylic acids is 1. The number of rotatable bonds is 6. The molecule has 1 N–H and O–H groups in total. The minimum absolute atomic E-state index is 0.0528. The summed E-state index contributed by atoms with van der Waals surface area (Å²) in [5.41, 5.74) is 0.680. The molecule has 0 bridgehead atoms. The maximum absolute atomic E-state index is 12.3. The molecule has 1 heterocycles. The Morgan fingerprint density at radius 3 is 2.79 bits per heavy atom. The number of amides is 1. The Bertz CT molecular complexity index is 789. The molecular weight excluding hydrogens is 334 g/mol. The minimum Gasteiger partial charge on any atom is -0.481 e. The van der Waals surface area contributed by atoms with E-state index < -0.39 is 22.7 Å². The summed E-state index contributed by atoms with van der Waals surface area (Å²) in [6.07, 6.45) is 0. The van der Waals surface area contributed by atoms with Gasteiger partial charge in [0.2, 0.25) is 0 Å². The van der Waals surface area contributed by atoms with E-state index in [0.29, 0.717) is 10.6 Å². The predicted octanol–water partition coefficient (Wildman–Crippen LogP) is 2.51. The first-order valence-electron chi connectivity index (χ1n) is 6.98. The molecule has 0 radical (unpaired) electrons. The van der Waals surface area contributed by atoms with Crippen molar-refractivity contribution in [1.29, 1.82) is 0 Å². The van der Waals surface area contributed by atoms with Crippen LogP contribution in [-0.2, 0) is 4.79 Å². The number of nitrogens with zero attached hydrogens (tertiary/aromatic N) is 3. The largest absolute Gasteiger partial charge is 0.481 e. The van der Waals surface area contributed by atoms with Crippen LogP contribution in [0, 0.1) is 16.0 Å². The Balaban J connectivity index is 2.18. The van der Waals surface area contributed by atoms with Gasteiger partial charge >= 0.3 is 5.97 Å². The number of aromatic nitrogens is 1. The van der Waals surface area contributed by atoms with Crippen molar-refractivity contribution in [3.05, 3.63) is 45.5 Å². The lowest BCUT2D eigenvalue weighted by atomic mass is 10.2. The number of hydrogen-bond acceptors (Lipinski definition) is 6. The highest BCUT2D eigenvalue weighted by molar-refractivity contribution is 7.13. The summed E-state index contributed by atoms with van der Waals surface area (Å²) in [6, 6.07) is 6.00. The van der Waals surface area contributed by atoms with Crippen LogP contribution in [0.25, 0.3) is 10.6 Å². The first-order chi connectivity index (χ1) is 11.3. The monoisotopic (exact) mass is 349 g/mol. The van der Waals surface area contributed by atoms with Gasteiger partial charge < -0.3 is 10.0 Å². The average molecular weight is 349 g/mol. The van der Waals surface area contributed by atoms with Crippen molar-refractivity contribution in [2.45, 2.75) is 6.92 Å². The Morgan fingerprint density at radius 2 is 2.17 bits per heavy atom. The number of non-ortho nitro benzene ring substituents is 1. The molecule has 9 heteroatoms. The van der Waals surface area contributed by atoms with Gasteiger partial charge in [-0.3, -0.25) is 19.7 Å². The molecule has 1 atom stereocenters. The molecule has 0 fully saturated rings. The zero-order valence-electron chi connectivity index (χ0n) is 13.0. The van der Waals surface area contributed by atoms with Crippen LogP contribution >= 0.6 is 11.3 Å². The van der Waals surface area contributed by atoms with Gasteiger partial charge in [0.25, 0.3) is 11.6 Å². The Hall–Kier alpha value is -2.81. The third kappa shape index (κ3) is 3.93. The third-order valence-electron chi connectivity index (χ3n) is 3.34. The van der Waals surface area contributed by atoms with Gasteiger partial charge in [-0.05, 0) is 0 Å². The molecule has 0 aliphatic heterocycles. The second-order valence-corrected chi connectivity index (χ2v) is 6.13. The van der Waals surface area contributed by atoms with E-state index in [9.17, 15) is 19.7 Å². The van der Waals surface area contributed by atoms with Crippen LogP contribution in [0.5, 0.6) is 0 Å². The number of hydrogen-bond donors (Lipinski definition) is 1. The molecule has 0 spiro atoms. The van der Waals surface area contributed by atoms with Gasteiger partial charge in [-0.15, -0.1) is 11.3 Å². The van der Waals surface area contributed by atoms with Crippen molar-refractivity contribution in [3.8, 4) is 10.6 Å². The quantitative estimate of drug-likeness (QED) is 0.633. The van der Waals surface area contributed by atoms with Gasteiger partial charge in [0, 0.05) is 36.7 Å². The predicted molar refractivity (Wildman–Crippen MR) is 88.0 cm³/mol. The summed E-state index contributed by atoms with van der Waals surface area (Å²) in [5, 5.41) is 21.8. The van der Waals surface area contributed by atoms with Gasteiger partial charge in [-0.2, -0.15) is 0 Å². The SMILES string of the molecule is CC(CN(C)C(=O)c1csc(-c2cccc([N+](=O)[O-])c2)n1)C(=O)O. The zero-order valence-corrected chi connectivity index (χ0v) is 13.8. The van der Waals surface area contributed by atoms with E-state index in [4.69, 9.17) is 5.11 Å². The van der Waals surface area contributed by atoms with Crippen LogP contribution in [0.3, 0.4) is 0 Å². The molecule has 126 valence electrons. The van der Waals surface area contributed by atoms with E-state index in [1.807, 2.05) is 0 Å². The molecule has 2 aromatic rings. The van der Waals surface area contributed by atoms with Crippen LogP contribution in [0.1, 0.15) is 17.4 Å². The first kappa shape index (κ1) is 17.5. The molecule has 0 saturated carbocycles. The van der Waals surface area contributed by atoms with Crippen molar-refractivity contribution in [2.24, 2.45) is 5.92 Å². The Kier molecular flexibility index (Phi) is 5.24. The summed E-state index contributed by atoms with van der Waals surface area (Å²) in [5.74, 6) is -2.06. The molecule has 1 amide bonds. The maximum atomic E-state index is 12.3. The number of carboxylic acids is 1. The minimum atomic E-state index is -0.981. The van der Waals surface area contributed by atoms with Crippen LogP contribution in [0.15, 0.2) is 29.6 Å². The van der Waals surface area contributed by atoms with E-state index in [0.717, 1.165) is 0 Å². The number of benzene rings is 1. The number of carbonyl (C=O) groups excluding carboxylic acids is 1. The molecule has 1 unspecified atom stereocenters. The second-order valence-electron chi connectivity index (χ2n) is 5.27. The van der Waals surface area contributed by atoms with E-state index in [-0.39, 0.29) is 17.9 Å². The molecule has 24 heavy (non-hydrogen) atoms. The highest BCUT2D eigenvalue weighted by atomic mass is 32.1. The van der Waals surface area contributed by atoms with Gasteiger partial charge in [0.15, 0.2) is 0 Å². The molecule has 8 nitrogen and oxygen atoms in total. The fourth-order valence-corrected chi connectivity index (χ4v) is 2.82. The van der Waals surface area contributed by atoms with Crippen molar-refractivity contribution in [3.63, 3.8) is 0 Å². The zero-order chi connectivity index (χ0) is 17.9. The molecule has 0 aliphatic rings. The first-order valence-corrected chi connectivity index (χ1v) is 7.86. The number of nitro groups is 1. The Labute approximate surface area is 141 Å². The van der Waals surface area contributed by atoms with Gasteiger partial charge in [-0.25, -0.2) is 4.98 Å². The van der Waals surface area contributed by atoms with Crippen molar-refractivity contribution < 1.29 is 19.6 Å². The van der Waals surface area contributed by atoms with Gasteiger partial charge in [-0.1, -0.05) is 19.1 Å². The average Bonchev–Trinajstić information content (AvgIpc) is 3.03. The lowest BCUT2D eigenvalue weighted by Crippen LogP contribution is -2.33. The normalized spacial score (nSPS) is 11.8. The van der Waals surface area contributed by atoms with Gasteiger partial charge in [0.1, 0.15) is 10.7 Å². The summed E-state index contributed by atoms with van der Waals surface area (Å²) in [6.45, 7) is 1.58. The fourth-order valence-electron chi connectivity index (χ4n) is 2.02. The van der Waals surface area contributed by atoms with Crippen molar-refractivity contribution in [1.82, 2.24) is 9.88 Å². The number of carboxylic acid groups (broad SMARTS) is 1. The van der Waals surface area contributed by atoms with Crippen LogP contribution < -0.4 is 0 Å². The standard InChI is InChI=1S/C15H15N3O5S/c1-9(15(20)21)7-17(2)14(19)12-8-24-13(16-12)10-4-3-5-11(6-10)18(22)23/h3-6,8-9H,7H2,1-2H3,(H,20,21).